The second-order valence-corrected chi connectivity index (χ2v) is 5.58. The van der Waals surface area contributed by atoms with E-state index in [1.807, 2.05) is 29.2 Å². The average Bonchev–Trinajstić information content (AvgIpc) is 3.17. The maximum atomic E-state index is 12.2. The van der Waals surface area contributed by atoms with Crippen LogP contribution in [0.25, 0.3) is 0 Å². The molecule has 1 atom stereocenters. The van der Waals surface area contributed by atoms with Crippen molar-refractivity contribution in [3.8, 4) is 5.75 Å². The molecule has 1 aromatic carbocycles. The lowest BCUT2D eigenvalue weighted by Gasteiger charge is -2.16. The van der Waals surface area contributed by atoms with Crippen LogP contribution in [0.15, 0.2) is 24.3 Å². The van der Waals surface area contributed by atoms with E-state index in [2.05, 4.69) is 0 Å². The first kappa shape index (κ1) is 12.5. The zero-order valence-electron chi connectivity index (χ0n) is 11.0. The summed E-state index contributed by atoms with van der Waals surface area (Å²) < 4.78 is 5.66. The van der Waals surface area contributed by atoms with E-state index in [0.29, 0.717) is 12.1 Å². The van der Waals surface area contributed by atoms with Crippen LogP contribution in [-0.2, 0) is 0 Å². The molecule has 1 saturated heterocycles. The number of carbonyl (C=O) groups excluding carboxylic acids is 1. The number of benzene rings is 1. The quantitative estimate of drug-likeness (QED) is 0.895. The lowest BCUT2D eigenvalue weighted by Crippen LogP contribution is -2.31. The van der Waals surface area contributed by atoms with E-state index in [1.165, 1.54) is 12.8 Å². The molecule has 0 aromatic heterocycles. The summed E-state index contributed by atoms with van der Waals surface area (Å²) in [6, 6.07) is 7.57. The molecule has 4 nitrogen and oxygen atoms in total. The van der Waals surface area contributed by atoms with Crippen LogP contribution in [0.2, 0.25) is 0 Å². The standard InChI is InChI=1S/C15H20N2O2/c16-13-7-8-17(9-13)15(18)12-3-5-14(6-4-12)19-10-11-1-2-11/h3-6,11,13H,1-2,7-10,16H2/t13-/m0/s1. The smallest absolute Gasteiger partial charge is 0.253 e. The van der Waals surface area contributed by atoms with Gasteiger partial charge in [0.2, 0.25) is 0 Å². The number of likely N-dealkylation sites (tertiary alicyclic amines) is 1. The van der Waals surface area contributed by atoms with Crippen molar-refractivity contribution in [2.45, 2.75) is 25.3 Å². The van der Waals surface area contributed by atoms with Gasteiger partial charge in [-0.2, -0.15) is 0 Å². The number of nitrogens with zero attached hydrogens (tertiary/aromatic N) is 1. The van der Waals surface area contributed by atoms with Gasteiger partial charge in [0.1, 0.15) is 5.75 Å². The Morgan fingerprint density at radius 3 is 2.58 bits per heavy atom. The van der Waals surface area contributed by atoms with E-state index < -0.39 is 0 Å². The molecule has 0 spiro atoms. The first-order chi connectivity index (χ1) is 9.22. The summed E-state index contributed by atoms with van der Waals surface area (Å²) >= 11 is 0. The molecule has 19 heavy (non-hydrogen) atoms. The van der Waals surface area contributed by atoms with Gasteiger partial charge in [-0.05, 0) is 49.4 Å². The molecule has 1 aliphatic carbocycles. The Labute approximate surface area is 113 Å². The van der Waals surface area contributed by atoms with E-state index in [-0.39, 0.29) is 11.9 Å². The third kappa shape index (κ3) is 3.07. The highest BCUT2D eigenvalue weighted by Gasteiger charge is 2.24. The van der Waals surface area contributed by atoms with Crippen molar-refractivity contribution in [3.05, 3.63) is 29.8 Å². The Hall–Kier alpha value is -1.55. The minimum atomic E-state index is 0.0710. The number of carbonyl (C=O) groups is 1. The highest BCUT2D eigenvalue weighted by atomic mass is 16.5. The molecule has 0 bridgehead atoms. The van der Waals surface area contributed by atoms with E-state index in [1.54, 1.807) is 0 Å². The number of rotatable bonds is 4. The van der Waals surface area contributed by atoms with Crippen LogP contribution in [0.5, 0.6) is 5.75 Å². The summed E-state index contributed by atoms with van der Waals surface area (Å²) in [5.41, 5.74) is 6.54. The lowest BCUT2D eigenvalue weighted by molar-refractivity contribution is 0.0791. The second kappa shape index (κ2) is 5.21. The van der Waals surface area contributed by atoms with Crippen molar-refractivity contribution in [2.24, 2.45) is 11.7 Å². The van der Waals surface area contributed by atoms with Gasteiger partial charge < -0.3 is 15.4 Å². The van der Waals surface area contributed by atoms with Crippen molar-refractivity contribution < 1.29 is 9.53 Å². The topological polar surface area (TPSA) is 55.6 Å². The highest BCUT2D eigenvalue weighted by molar-refractivity contribution is 5.94. The Kier molecular flexibility index (Phi) is 3.42. The Morgan fingerprint density at radius 1 is 1.26 bits per heavy atom. The minimum Gasteiger partial charge on any atom is -0.493 e. The van der Waals surface area contributed by atoms with Gasteiger partial charge >= 0.3 is 0 Å². The summed E-state index contributed by atoms with van der Waals surface area (Å²) in [7, 11) is 0. The first-order valence-electron chi connectivity index (χ1n) is 7.00. The molecule has 2 aliphatic rings. The zero-order chi connectivity index (χ0) is 13.2. The molecule has 0 radical (unpaired) electrons. The fourth-order valence-corrected chi connectivity index (χ4v) is 2.35. The molecule has 1 amide bonds. The Balaban J connectivity index is 1.59. The fourth-order valence-electron chi connectivity index (χ4n) is 2.35. The summed E-state index contributed by atoms with van der Waals surface area (Å²) in [6.07, 6.45) is 3.46. The Morgan fingerprint density at radius 2 is 2.00 bits per heavy atom. The van der Waals surface area contributed by atoms with Gasteiger partial charge in [-0.25, -0.2) is 0 Å². The largest absolute Gasteiger partial charge is 0.493 e. The van der Waals surface area contributed by atoms with Gasteiger partial charge in [0.15, 0.2) is 0 Å². The van der Waals surface area contributed by atoms with Crippen LogP contribution < -0.4 is 10.5 Å². The van der Waals surface area contributed by atoms with Gasteiger partial charge in [-0.15, -0.1) is 0 Å². The molecular formula is C15H20N2O2. The monoisotopic (exact) mass is 260 g/mol. The summed E-state index contributed by atoms with van der Waals surface area (Å²) in [6.45, 7) is 2.23. The molecule has 1 aromatic rings. The van der Waals surface area contributed by atoms with Crippen LogP contribution in [0, 0.1) is 5.92 Å². The van der Waals surface area contributed by atoms with E-state index in [9.17, 15) is 4.79 Å². The number of hydrogen-bond acceptors (Lipinski definition) is 3. The number of amides is 1. The maximum absolute atomic E-state index is 12.2. The third-order valence-electron chi connectivity index (χ3n) is 3.80. The third-order valence-corrected chi connectivity index (χ3v) is 3.80. The second-order valence-electron chi connectivity index (χ2n) is 5.58. The predicted octanol–water partition coefficient (Wildman–Crippen LogP) is 1.65. The molecule has 4 heteroatoms. The fraction of sp³-hybridized carbons (Fsp3) is 0.533. The highest BCUT2D eigenvalue weighted by Crippen LogP contribution is 2.29. The van der Waals surface area contributed by atoms with Crippen molar-refractivity contribution in [1.82, 2.24) is 4.90 Å². The van der Waals surface area contributed by atoms with Crippen LogP contribution in [0.4, 0.5) is 0 Å². The molecule has 1 aliphatic heterocycles. The van der Waals surface area contributed by atoms with Crippen molar-refractivity contribution >= 4 is 5.91 Å². The summed E-state index contributed by atoms with van der Waals surface area (Å²) in [5.74, 6) is 1.66. The molecular weight excluding hydrogens is 240 g/mol. The lowest BCUT2D eigenvalue weighted by atomic mass is 10.2. The van der Waals surface area contributed by atoms with Gasteiger partial charge in [0, 0.05) is 24.7 Å². The van der Waals surface area contributed by atoms with Crippen LogP contribution in [-0.4, -0.2) is 36.5 Å². The Bertz CT molecular complexity index is 454. The van der Waals surface area contributed by atoms with Crippen LogP contribution in [0.1, 0.15) is 29.6 Å². The molecule has 2 N–H and O–H groups in total. The molecule has 1 heterocycles. The number of ether oxygens (including phenoxy) is 1. The SMILES string of the molecule is N[C@H]1CCN(C(=O)c2ccc(OCC3CC3)cc2)C1. The van der Waals surface area contributed by atoms with Crippen LogP contribution in [0.3, 0.4) is 0 Å². The first-order valence-corrected chi connectivity index (χ1v) is 7.00. The molecule has 0 unspecified atom stereocenters. The molecule has 102 valence electrons. The van der Waals surface area contributed by atoms with Gasteiger partial charge in [-0.1, -0.05) is 0 Å². The van der Waals surface area contributed by atoms with Crippen molar-refractivity contribution in [2.75, 3.05) is 19.7 Å². The summed E-state index contributed by atoms with van der Waals surface area (Å²) in [5, 5.41) is 0. The maximum Gasteiger partial charge on any atom is 0.253 e. The van der Waals surface area contributed by atoms with E-state index >= 15 is 0 Å². The predicted molar refractivity (Wildman–Crippen MR) is 73.2 cm³/mol. The van der Waals surface area contributed by atoms with E-state index in [0.717, 1.165) is 31.2 Å². The van der Waals surface area contributed by atoms with Crippen LogP contribution >= 0.6 is 0 Å². The molecule has 2 fully saturated rings. The van der Waals surface area contributed by atoms with Gasteiger partial charge in [0.25, 0.3) is 5.91 Å². The normalized spacial score (nSPS) is 22.6. The zero-order valence-corrected chi connectivity index (χ0v) is 11.0. The number of hydrogen-bond donors (Lipinski definition) is 1. The van der Waals surface area contributed by atoms with Gasteiger partial charge in [-0.3, -0.25) is 4.79 Å². The van der Waals surface area contributed by atoms with Crippen molar-refractivity contribution in [1.29, 1.82) is 0 Å². The number of nitrogens with two attached hydrogens (primary N) is 1. The molecule has 1 saturated carbocycles. The van der Waals surface area contributed by atoms with Gasteiger partial charge in [0.05, 0.1) is 6.61 Å². The van der Waals surface area contributed by atoms with E-state index in [4.69, 9.17) is 10.5 Å². The molecule has 3 rings (SSSR count). The van der Waals surface area contributed by atoms with Crippen molar-refractivity contribution in [3.63, 3.8) is 0 Å². The minimum absolute atomic E-state index is 0.0710. The average molecular weight is 260 g/mol. The summed E-state index contributed by atoms with van der Waals surface area (Å²) in [4.78, 5) is 14.0.